The second-order valence-electron chi connectivity index (χ2n) is 11.4. The molecule has 0 aromatic carbocycles. The van der Waals surface area contributed by atoms with Crippen molar-refractivity contribution in [3.63, 3.8) is 0 Å². The molecule has 192 valence electrons. The fourth-order valence-corrected chi connectivity index (χ4v) is 7.46. The maximum Gasteiger partial charge on any atom is 0.522 e. The Morgan fingerprint density at radius 3 is 2.74 bits per heavy atom. The molecule has 4 aliphatic rings. The van der Waals surface area contributed by atoms with Crippen molar-refractivity contribution in [3.8, 4) is 0 Å². The van der Waals surface area contributed by atoms with Crippen LogP contribution in [0, 0.1) is 23.2 Å². The summed E-state index contributed by atoms with van der Waals surface area (Å²) < 4.78 is 42.0. The smallest absolute Gasteiger partial charge is 0.393 e. The van der Waals surface area contributed by atoms with Crippen LogP contribution in [0.3, 0.4) is 0 Å². The van der Waals surface area contributed by atoms with Crippen molar-refractivity contribution in [2.45, 2.75) is 89.9 Å². The van der Waals surface area contributed by atoms with Crippen LogP contribution in [0.1, 0.15) is 65.2 Å². The molecule has 3 saturated carbocycles. The lowest BCUT2D eigenvalue weighted by Gasteiger charge is -2.45. The van der Waals surface area contributed by atoms with Crippen molar-refractivity contribution < 1.29 is 28.1 Å². The molecule has 1 aliphatic heterocycles. The number of rotatable bonds is 5. The van der Waals surface area contributed by atoms with Gasteiger partial charge in [0.15, 0.2) is 0 Å². The molecule has 0 bridgehead atoms. The van der Waals surface area contributed by atoms with E-state index in [1.54, 1.807) is 0 Å². The van der Waals surface area contributed by atoms with Gasteiger partial charge in [0, 0.05) is 26.1 Å². The Morgan fingerprint density at radius 2 is 2.00 bits per heavy atom. The Balaban J connectivity index is 1.41. The number of aliphatic hydroxyl groups excluding tert-OH is 2. The molecular formula is C27H40F3NO3. The average molecular weight is 484 g/mol. The molecule has 0 radical (unpaired) electrons. The van der Waals surface area contributed by atoms with Gasteiger partial charge in [0.05, 0.1) is 18.3 Å². The van der Waals surface area contributed by atoms with Crippen LogP contribution in [0.5, 0.6) is 0 Å². The zero-order valence-electron chi connectivity index (χ0n) is 20.5. The van der Waals surface area contributed by atoms with E-state index in [0.29, 0.717) is 50.1 Å². The topological polar surface area (TPSA) is 52.9 Å². The summed E-state index contributed by atoms with van der Waals surface area (Å²) in [5, 5.41) is 20.2. The quantitative estimate of drug-likeness (QED) is 0.552. The molecule has 4 rings (SSSR count). The highest BCUT2D eigenvalue weighted by Crippen LogP contribution is 2.59. The Morgan fingerprint density at radius 1 is 1.24 bits per heavy atom. The second-order valence-corrected chi connectivity index (χ2v) is 11.4. The van der Waals surface area contributed by atoms with Crippen LogP contribution in [-0.4, -0.2) is 59.4 Å². The second kappa shape index (κ2) is 10.1. The molecular weight excluding hydrogens is 443 g/mol. The van der Waals surface area contributed by atoms with Crippen LogP contribution in [0.2, 0.25) is 0 Å². The molecule has 0 aromatic heterocycles. The Hall–Kier alpha value is -1.15. The number of halogens is 3. The third-order valence-corrected chi connectivity index (χ3v) is 9.06. The van der Waals surface area contributed by atoms with E-state index in [1.807, 2.05) is 0 Å². The predicted molar refractivity (Wildman–Crippen MR) is 126 cm³/mol. The minimum Gasteiger partial charge on any atom is -0.393 e. The van der Waals surface area contributed by atoms with Gasteiger partial charge in [-0.2, -0.15) is 0 Å². The zero-order chi connectivity index (χ0) is 24.7. The van der Waals surface area contributed by atoms with E-state index in [0.717, 1.165) is 43.4 Å². The zero-order valence-corrected chi connectivity index (χ0v) is 20.5. The van der Waals surface area contributed by atoms with Crippen molar-refractivity contribution in [2.75, 3.05) is 19.6 Å². The van der Waals surface area contributed by atoms with Gasteiger partial charge in [-0.05, 0) is 79.3 Å². The number of hydrogen-bond acceptors (Lipinski definition) is 4. The molecule has 0 aromatic rings. The summed E-state index contributed by atoms with van der Waals surface area (Å²) >= 11 is 0. The van der Waals surface area contributed by atoms with Gasteiger partial charge in [-0.25, -0.2) is 0 Å². The van der Waals surface area contributed by atoms with Gasteiger partial charge in [-0.15, -0.1) is 13.2 Å². The van der Waals surface area contributed by atoms with Crippen LogP contribution in [0.4, 0.5) is 13.2 Å². The number of likely N-dealkylation sites (tertiary alicyclic amines) is 1. The third-order valence-electron chi connectivity index (χ3n) is 9.06. The van der Waals surface area contributed by atoms with Gasteiger partial charge in [-0.1, -0.05) is 38.2 Å². The van der Waals surface area contributed by atoms with E-state index >= 15 is 0 Å². The standard InChI is InChI=1S/C27H40F3NO3/c1-17(15-31-12-10-22(16-31)34-27(28,29)30)23-8-9-24-19(5-4-11-26(23,24)3)6-7-20-13-21(32)14-25(33)18(20)2/h6-7,17,21-25,32-33H,2,4-5,8-16H2,1,3H3/b19-6+,20-7+/t17-,21?,22+,23-,24+,25?,26-/m1/s1. The fourth-order valence-electron chi connectivity index (χ4n) is 7.46. The first-order chi connectivity index (χ1) is 16.0. The van der Waals surface area contributed by atoms with E-state index in [1.165, 1.54) is 12.0 Å². The van der Waals surface area contributed by atoms with Crippen molar-refractivity contribution in [2.24, 2.45) is 23.2 Å². The van der Waals surface area contributed by atoms with Crippen molar-refractivity contribution in [1.29, 1.82) is 0 Å². The van der Waals surface area contributed by atoms with Gasteiger partial charge < -0.3 is 15.1 Å². The van der Waals surface area contributed by atoms with E-state index in [2.05, 4.69) is 42.2 Å². The normalized spacial score (nSPS) is 40.8. The van der Waals surface area contributed by atoms with E-state index < -0.39 is 24.7 Å². The number of alkyl halides is 3. The van der Waals surface area contributed by atoms with Crippen LogP contribution in [-0.2, 0) is 4.74 Å². The molecule has 4 fully saturated rings. The van der Waals surface area contributed by atoms with E-state index in [9.17, 15) is 23.4 Å². The van der Waals surface area contributed by atoms with Crippen LogP contribution < -0.4 is 0 Å². The number of nitrogens with zero attached hydrogens (tertiary/aromatic N) is 1. The average Bonchev–Trinajstić information content (AvgIpc) is 3.31. The summed E-state index contributed by atoms with van der Waals surface area (Å²) in [6.07, 6.45) is 4.81. The third kappa shape index (κ3) is 5.63. The highest BCUT2D eigenvalue weighted by Gasteiger charge is 2.51. The number of hydrogen-bond donors (Lipinski definition) is 2. The molecule has 4 nitrogen and oxygen atoms in total. The monoisotopic (exact) mass is 483 g/mol. The number of ether oxygens (including phenoxy) is 1. The molecule has 3 aliphatic carbocycles. The fraction of sp³-hybridized carbons (Fsp3) is 0.778. The van der Waals surface area contributed by atoms with Crippen molar-refractivity contribution >= 4 is 0 Å². The predicted octanol–water partition coefficient (Wildman–Crippen LogP) is 5.37. The first-order valence-corrected chi connectivity index (χ1v) is 12.9. The maximum atomic E-state index is 12.6. The highest BCUT2D eigenvalue weighted by atomic mass is 19.4. The summed E-state index contributed by atoms with van der Waals surface area (Å²) in [5.74, 6) is 1.47. The molecule has 0 amide bonds. The minimum atomic E-state index is -4.56. The maximum absolute atomic E-state index is 12.6. The molecule has 0 spiro atoms. The van der Waals surface area contributed by atoms with Crippen molar-refractivity contribution in [1.82, 2.24) is 4.90 Å². The summed E-state index contributed by atoms with van der Waals surface area (Å²) in [7, 11) is 0. The first kappa shape index (κ1) is 25.9. The van der Waals surface area contributed by atoms with Gasteiger partial charge in [0.25, 0.3) is 0 Å². The van der Waals surface area contributed by atoms with Gasteiger partial charge in [0.1, 0.15) is 0 Å². The number of allylic oxidation sites excluding steroid dienone is 3. The first-order valence-electron chi connectivity index (χ1n) is 12.9. The lowest BCUT2D eigenvalue weighted by molar-refractivity contribution is -0.340. The van der Waals surface area contributed by atoms with Crippen molar-refractivity contribution in [3.05, 3.63) is 35.5 Å². The summed E-state index contributed by atoms with van der Waals surface area (Å²) in [6.45, 7) is 10.6. The molecule has 34 heavy (non-hydrogen) atoms. The minimum absolute atomic E-state index is 0.201. The lowest BCUT2D eigenvalue weighted by Crippen LogP contribution is -2.39. The molecule has 2 unspecified atom stereocenters. The SMILES string of the molecule is C=C1/C(=C/C=C2\CCC[C@]3(C)[C@@H]([C@H](C)CN4CC[C@H](OC(F)(F)F)C4)CC[C@@H]23)CC(O)CC1O. The largest absolute Gasteiger partial charge is 0.522 e. The molecule has 1 heterocycles. The Labute approximate surface area is 201 Å². The molecule has 1 saturated heterocycles. The molecule has 2 N–H and O–H groups in total. The number of fused-ring (bicyclic) bond motifs is 1. The highest BCUT2D eigenvalue weighted by molar-refractivity contribution is 5.38. The Kier molecular flexibility index (Phi) is 7.68. The summed E-state index contributed by atoms with van der Waals surface area (Å²) in [5.41, 5.74) is 3.32. The summed E-state index contributed by atoms with van der Waals surface area (Å²) in [6, 6.07) is 0. The lowest BCUT2D eigenvalue weighted by atomic mass is 9.61. The number of aliphatic hydroxyl groups is 2. The molecule has 7 heteroatoms. The van der Waals surface area contributed by atoms with Gasteiger partial charge in [0.2, 0.25) is 0 Å². The molecule has 7 atom stereocenters. The van der Waals surface area contributed by atoms with E-state index in [4.69, 9.17) is 0 Å². The van der Waals surface area contributed by atoms with Gasteiger partial charge in [-0.3, -0.25) is 4.74 Å². The van der Waals surface area contributed by atoms with E-state index in [-0.39, 0.29) is 5.41 Å². The van der Waals surface area contributed by atoms with Gasteiger partial charge >= 0.3 is 6.36 Å². The van der Waals surface area contributed by atoms with Crippen LogP contribution >= 0.6 is 0 Å². The Bertz CT molecular complexity index is 822. The summed E-state index contributed by atoms with van der Waals surface area (Å²) in [4.78, 5) is 2.15. The van der Waals surface area contributed by atoms with Crippen LogP contribution in [0.15, 0.2) is 35.5 Å². The van der Waals surface area contributed by atoms with Crippen LogP contribution in [0.25, 0.3) is 0 Å².